The summed E-state index contributed by atoms with van der Waals surface area (Å²) >= 11 is 1.70. The number of aryl methyl sites for hydroxylation is 1. The molecule has 1 N–H and O–H groups in total. The molecule has 0 unspecified atom stereocenters. The number of H-pyrrole nitrogens is 1. The van der Waals surface area contributed by atoms with Crippen LogP contribution >= 0.6 is 11.3 Å². The zero-order valence-corrected chi connectivity index (χ0v) is 13.0. The van der Waals surface area contributed by atoms with Gasteiger partial charge in [-0.1, -0.05) is 0 Å². The van der Waals surface area contributed by atoms with E-state index >= 15 is 0 Å². The lowest BCUT2D eigenvalue weighted by Gasteiger charge is -2.21. The normalized spacial score (nSPS) is 16.9. The summed E-state index contributed by atoms with van der Waals surface area (Å²) in [5, 5.41) is 3.24. The molecule has 0 bridgehead atoms. The Morgan fingerprint density at radius 1 is 1.38 bits per heavy atom. The van der Waals surface area contributed by atoms with Crippen molar-refractivity contribution in [3.05, 3.63) is 40.1 Å². The van der Waals surface area contributed by atoms with Gasteiger partial charge in [-0.25, -0.2) is 4.98 Å². The van der Waals surface area contributed by atoms with Crippen molar-refractivity contribution >= 4 is 17.2 Å². The summed E-state index contributed by atoms with van der Waals surface area (Å²) in [5.74, 6) is 0.103. The summed E-state index contributed by atoms with van der Waals surface area (Å²) in [6.45, 7) is 6.45. The number of nitrogens with zero attached hydrogens (tertiary/aromatic N) is 3. The Hall–Kier alpha value is -1.66. The average Bonchev–Trinajstić information content (AvgIpc) is 3.08. The van der Waals surface area contributed by atoms with Gasteiger partial charge in [-0.3, -0.25) is 9.69 Å². The molecule has 1 fully saturated rings. The predicted octanol–water partition coefficient (Wildman–Crippen LogP) is 2.13. The molecule has 0 saturated carbocycles. The lowest BCUT2D eigenvalue weighted by molar-refractivity contribution is 0.0756. The minimum Gasteiger partial charge on any atom is -0.357 e. The lowest BCUT2D eigenvalue weighted by Crippen LogP contribution is -2.35. The maximum absolute atomic E-state index is 12.3. The fourth-order valence-electron chi connectivity index (χ4n) is 2.68. The standard InChI is InChI=1S/C15H20N4OS/c1-12-17-13(11-21-12)10-18-6-3-7-19(9-8-18)15(20)14-4-2-5-16-14/h2,4-5,11,16H,3,6-10H2,1H3. The quantitative estimate of drug-likeness (QED) is 0.945. The van der Waals surface area contributed by atoms with Crippen LogP contribution in [0.1, 0.15) is 27.6 Å². The molecule has 3 heterocycles. The van der Waals surface area contributed by atoms with Crippen molar-refractivity contribution in [1.82, 2.24) is 19.8 Å². The molecule has 1 aliphatic rings. The maximum Gasteiger partial charge on any atom is 0.270 e. The van der Waals surface area contributed by atoms with E-state index < -0.39 is 0 Å². The van der Waals surface area contributed by atoms with Crippen LogP contribution < -0.4 is 0 Å². The van der Waals surface area contributed by atoms with E-state index in [1.54, 1.807) is 17.5 Å². The van der Waals surface area contributed by atoms with Crippen LogP contribution in [0.4, 0.5) is 0 Å². The highest BCUT2D eigenvalue weighted by Gasteiger charge is 2.21. The predicted molar refractivity (Wildman–Crippen MR) is 83.4 cm³/mol. The first kappa shape index (κ1) is 14.3. The number of hydrogen-bond acceptors (Lipinski definition) is 4. The molecular weight excluding hydrogens is 284 g/mol. The topological polar surface area (TPSA) is 52.2 Å². The monoisotopic (exact) mass is 304 g/mol. The SMILES string of the molecule is Cc1nc(CN2CCCN(C(=O)c3ccc[nH]3)CC2)cs1. The molecule has 1 aliphatic heterocycles. The summed E-state index contributed by atoms with van der Waals surface area (Å²) in [5.41, 5.74) is 1.82. The molecule has 1 saturated heterocycles. The Kier molecular flexibility index (Phi) is 4.36. The van der Waals surface area contributed by atoms with Crippen LogP contribution in [0.3, 0.4) is 0 Å². The number of thiazole rings is 1. The Balaban J connectivity index is 1.58. The minimum atomic E-state index is 0.103. The Morgan fingerprint density at radius 3 is 3.00 bits per heavy atom. The van der Waals surface area contributed by atoms with Crippen LogP contribution in [-0.4, -0.2) is 51.9 Å². The van der Waals surface area contributed by atoms with E-state index in [4.69, 9.17) is 0 Å². The van der Waals surface area contributed by atoms with Gasteiger partial charge in [-0.05, 0) is 25.5 Å². The van der Waals surface area contributed by atoms with Gasteiger partial charge in [0, 0.05) is 44.3 Å². The second-order valence-corrected chi connectivity index (χ2v) is 6.43. The van der Waals surface area contributed by atoms with Gasteiger partial charge in [-0.15, -0.1) is 11.3 Å². The molecule has 0 radical (unpaired) electrons. The first-order valence-electron chi connectivity index (χ1n) is 7.28. The molecule has 2 aromatic heterocycles. The molecule has 0 aliphatic carbocycles. The second kappa shape index (κ2) is 6.41. The van der Waals surface area contributed by atoms with Crippen molar-refractivity contribution < 1.29 is 4.79 Å². The summed E-state index contributed by atoms with van der Waals surface area (Å²) in [4.78, 5) is 24.2. The third-order valence-electron chi connectivity index (χ3n) is 3.76. The van der Waals surface area contributed by atoms with Crippen LogP contribution in [0.5, 0.6) is 0 Å². The number of amides is 1. The molecule has 3 rings (SSSR count). The van der Waals surface area contributed by atoms with E-state index in [-0.39, 0.29) is 5.91 Å². The number of rotatable bonds is 3. The largest absolute Gasteiger partial charge is 0.357 e. The Morgan fingerprint density at radius 2 is 2.29 bits per heavy atom. The van der Waals surface area contributed by atoms with E-state index in [0.29, 0.717) is 5.69 Å². The van der Waals surface area contributed by atoms with Gasteiger partial charge < -0.3 is 9.88 Å². The number of aromatic nitrogens is 2. The van der Waals surface area contributed by atoms with E-state index in [1.165, 1.54) is 0 Å². The van der Waals surface area contributed by atoms with E-state index in [1.807, 2.05) is 24.0 Å². The molecule has 112 valence electrons. The zero-order chi connectivity index (χ0) is 14.7. The second-order valence-electron chi connectivity index (χ2n) is 5.36. The third kappa shape index (κ3) is 3.51. The fourth-order valence-corrected chi connectivity index (χ4v) is 3.28. The van der Waals surface area contributed by atoms with Crippen LogP contribution in [0.25, 0.3) is 0 Å². The molecule has 0 spiro atoms. The summed E-state index contributed by atoms with van der Waals surface area (Å²) < 4.78 is 0. The fraction of sp³-hybridized carbons (Fsp3) is 0.467. The van der Waals surface area contributed by atoms with E-state index in [0.717, 1.165) is 49.8 Å². The maximum atomic E-state index is 12.3. The summed E-state index contributed by atoms with van der Waals surface area (Å²) in [6, 6.07) is 3.70. The van der Waals surface area contributed by atoms with Crippen molar-refractivity contribution in [2.75, 3.05) is 26.2 Å². The van der Waals surface area contributed by atoms with Gasteiger partial charge in [0.25, 0.3) is 5.91 Å². The van der Waals surface area contributed by atoms with Crippen molar-refractivity contribution in [3.63, 3.8) is 0 Å². The molecule has 1 amide bonds. The van der Waals surface area contributed by atoms with Gasteiger partial charge in [-0.2, -0.15) is 0 Å². The van der Waals surface area contributed by atoms with Crippen molar-refractivity contribution in [2.45, 2.75) is 19.9 Å². The van der Waals surface area contributed by atoms with Gasteiger partial charge in [0.2, 0.25) is 0 Å². The minimum absolute atomic E-state index is 0.103. The Labute approximate surface area is 128 Å². The van der Waals surface area contributed by atoms with Gasteiger partial charge in [0.15, 0.2) is 0 Å². The summed E-state index contributed by atoms with van der Waals surface area (Å²) in [6.07, 6.45) is 2.80. The highest BCUT2D eigenvalue weighted by Crippen LogP contribution is 2.13. The third-order valence-corrected chi connectivity index (χ3v) is 4.58. The molecule has 5 nitrogen and oxygen atoms in total. The molecule has 21 heavy (non-hydrogen) atoms. The van der Waals surface area contributed by atoms with Crippen LogP contribution in [0, 0.1) is 6.92 Å². The van der Waals surface area contributed by atoms with Gasteiger partial charge >= 0.3 is 0 Å². The molecule has 6 heteroatoms. The van der Waals surface area contributed by atoms with E-state index in [9.17, 15) is 4.79 Å². The molecule has 0 atom stereocenters. The number of carbonyl (C=O) groups excluding carboxylic acids is 1. The number of aromatic amines is 1. The number of carbonyl (C=O) groups is 1. The highest BCUT2D eigenvalue weighted by molar-refractivity contribution is 7.09. The van der Waals surface area contributed by atoms with Gasteiger partial charge in [0.1, 0.15) is 5.69 Å². The number of nitrogens with one attached hydrogen (secondary N) is 1. The zero-order valence-electron chi connectivity index (χ0n) is 12.2. The Bertz CT molecular complexity index is 593. The first-order chi connectivity index (χ1) is 10.2. The lowest BCUT2D eigenvalue weighted by atomic mass is 10.3. The molecule has 0 aromatic carbocycles. The van der Waals surface area contributed by atoms with Crippen molar-refractivity contribution in [1.29, 1.82) is 0 Å². The van der Waals surface area contributed by atoms with Gasteiger partial charge in [0.05, 0.1) is 10.7 Å². The first-order valence-corrected chi connectivity index (χ1v) is 8.16. The van der Waals surface area contributed by atoms with Crippen molar-refractivity contribution in [2.24, 2.45) is 0 Å². The number of hydrogen-bond donors (Lipinski definition) is 1. The van der Waals surface area contributed by atoms with E-state index in [2.05, 4.69) is 20.2 Å². The van der Waals surface area contributed by atoms with Crippen LogP contribution in [-0.2, 0) is 6.54 Å². The smallest absolute Gasteiger partial charge is 0.270 e. The highest BCUT2D eigenvalue weighted by atomic mass is 32.1. The van der Waals surface area contributed by atoms with Crippen LogP contribution in [0.2, 0.25) is 0 Å². The summed E-state index contributed by atoms with van der Waals surface area (Å²) in [7, 11) is 0. The van der Waals surface area contributed by atoms with Crippen LogP contribution in [0.15, 0.2) is 23.7 Å². The molecular formula is C15H20N4OS. The molecule has 2 aromatic rings. The van der Waals surface area contributed by atoms with Crippen molar-refractivity contribution in [3.8, 4) is 0 Å². The average molecular weight is 304 g/mol.